The smallest absolute Gasteiger partial charge is 0.414 e. The monoisotopic (exact) mass is 567 g/mol. The van der Waals surface area contributed by atoms with Crippen molar-refractivity contribution in [1.29, 1.82) is 0 Å². The van der Waals surface area contributed by atoms with E-state index in [2.05, 4.69) is 10.3 Å². The number of Topliss-reactive ketones (excluding diaryl/α,β-unsaturated/α-hetero) is 1. The number of ether oxygens (including phenoxy) is 1. The zero-order valence-electron chi connectivity index (χ0n) is 22.0. The Balaban J connectivity index is 1.32. The summed E-state index contributed by atoms with van der Waals surface area (Å²) in [5, 5.41) is 15.2. The van der Waals surface area contributed by atoms with Gasteiger partial charge in [-0.3, -0.25) is 9.59 Å². The molecule has 5 rings (SSSR count). The van der Waals surface area contributed by atoms with Gasteiger partial charge in [-0.05, 0) is 37.0 Å². The molecule has 0 spiro atoms. The number of sulfonamides is 1. The van der Waals surface area contributed by atoms with Crippen LogP contribution in [0.5, 0.6) is 5.88 Å². The van der Waals surface area contributed by atoms with Crippen molar-refractivity contribution >= 4 is 38.7 Å². The third kappa shape index (κ3) is 5.34. The van der Waals surface area contributed by atoms with Crippen LogP contribution in [0.2, 0.25) is 0 Å². The third-order valence-corrected chi connectivity index (χ3v) is 8.94. The van der Waals surface area contributed by atoms with Crippen molar-refractivity contribution in [3.8, 4) is 5.88 Å². The lowest BCUT2D eigenvalue weighted by Crippen LogP contribution is -2.53. The summed E-state index contributed by atoms with van der Waals surface area (Å²) in [4.78, 5) is 45.0. The Hall–Kier alpha value is -4.10. The van der Waals surface area contributed by atoms with E-state index in [1.807, 2.05) is 32.0 Å². The van der Waals surface area contributed by atoms with Crippen molar-refractivity contribution < 1.29 is 32.3 Å². The Morgan fingerprint density at radius 2 is 1.95 bits per heavy atom. The average molecular weight is 568 g/mol. The predicted molar refractivity (Wildman–Crippen MR) is 142 cm³/mol. The number of fused-ring (bicyclic) bond motifs is 2. The molecule has 40 heavy (non-hydrogen) atoms. The molecule has 2 fully saturated rings. The van der Waals surface area contributed by atoms with Crippen LogP contribution < -0.4 is 14.8 Å². The van der Waals surface area contributed by atoms with Crippen LogP contribution in [-0.2, 0) is 19.6 Å². The molecule has 12 nitrogen and oxygen atoms in total. The summed E-state index contributed by atoms with van der Waals surface area (Å²) >= 11 is 0. The van der Waals surface area contributed by atoms with Gasteiger partial charge in [0.1, 0.15) is 17.0 Å². The summed E-state index contributed by atoms with van der Waals surface area (Å²) in [6.45, 7) is 3.51. The first-order chi connectivity index (χ1) is 19.0. The number of rotatable bonds is 7. The second-order valence-corrected chi connectivity index (χ2v) is 12.2. The second-order valence-electron chi connectivity index (χ2n) is 10.3. The fourth-order valence-electron chi connectivity index (χ4n) is 5.33. The summed E-state index contributed by atoms with van der Waals surface area (Å²) < 4.78 is 33.3. The van der Waals surface area contributed by atoms with E-state index in [-0.39, 0.29) is 36.1 Å². The van der Waals surface area contributed by atoms with Crippen molar-refractivity contribution in [1.82, 2.24) is 19.5 Å². The first-order valence-corrected chi connectivity index (χ1v) is 14.4. The van der Waals surface area contributed by atoms with E-state index in [0.717, 1.165) is 22.1 Å². The summed E-state index contributed by atoms with van der Waals surface area (Å²) in [6, 6.07) is 10.5. The number of benzene rings is 1. The summed E-state index contributed by atoms with van der Waals surface area (Å²) in [5.74, 6) is -0.828. The Morgan fingerprint density at radius 3 is 2.70 bits per heavy atom. The molecule has 13 heteroatoms. The lowest BCUT2D eigenvalue weighted by molar-refractivity contribution is -0.607. The number of carbonyl (C=O) groups excluding carboxylic acids is 3. The van der Waals surface area contributed by atoms with E-state index in [1.165, 1.54) is 17.0 Å². The third-order valence-electron chi connectivity index (χ3n) is 7.08. The predicted octanol–water partition coefficient (Wildman–Crippen LogP) is 1.61. The molecule has 0 aliphatic carbocycles. The molecule has 2 saturated heterocycles. The molecule has 2 amide bonds. The highest BCUT2D eigenvalue weighted by molar-refractivity contribution is 7.89. The molecule has 0 radical (unpaired) electrons. The minimum absolute atomic E-state index is 0.0134. The van der Waals surface area contributed by atoms with E-state index in [9.17, 15) is 28.0 Å². The van der Waals surface area contributed by atoms with E-state index >= 15 is 0 Å². The Kier molecular flexibility index (Phi) is 7.43. The van der Waals surface area contributed by atoms with Gasteiger partial charge in [-0.15, -0.1) is 0 Å². The lowest BCUT2D eigenvalue weighted by Gasteiger charge is -2.28. The number of aromatic nitrogens is 2. The van der Waals surface area contributed by atoms with Gasteiger partial charge in [0.2, 0.25) is 21.8 Å². The van der Waals surface area contributed by atoms with Gasteiger partial charge < -0.3 is 20.2 Å². The number of hydrogen-bond acceptors (Lipinski definition) is 8. The van der Waals surface area contributed by atoms with Gasteiger partial charge in [-0.1, -0.05) is 32.0 Å². The minimum Gasteiger partial charge on any atom is -0.619 e. The molecule has 3 unspecified atom stereocenters. The van der Waals surface area contributed by atoms with Gasteiger partial charge in [0.05, 0.1) is 18.1 Å². The van der Waals surface area contributed by atoms with Gasteiger partial charge in [-0.25, -0.2) is 18.2 Å². The van der Waals surface area contributed by atoms with Crippen molar-refractivity contribution in [2.75, 3.05) is 13.1 Å². The minimum atomic E-state index is -4.15. The molecule has 0 saturated carbocycles. The van der Waals surface area contributed by atoms with Gasteiger partial charge in [0.25, 0.3) is 0 Å². The van der Waals surface area contributed by atoms with Gasteiger partial charge >= 0.3 is 6.09 Å². The van der Waals surface area contributed by atoms with E-state index in [0.29, 0.717) is 10.2 Å². The maximum Gasteiger partial charge on any atom is 0.414 e. The number of hydrogen-bond donors (Lipinski definition) is 1. The number of pyridine rings is 2. The average Bonchev–Trinajstić information content (AvgIpc) is 3.49. The van der Waals surface area contributed by atoms with Crippen molar-refractivity contribution in [2.45, 2.75) is 49.7 Å². The van der Waals surface area contributed by atoms with Crippen LogP contribution in [0.15, 0.2) is 65.8 Å². The molecule has 2 aliphatic rings. The largest absolute Gasteiger partial charge is 0.619 e. The summed E-state index contributed by atoms with van der Waals surface area (Å²) in [7, 11) is -4.15. The molecule has 0 bridgehead atoms. The number of carbonyl (C=O) groups is 3. The highest BCUT2D eigenvalue weighted by atomic mass is 32.2. The van der Waals surface area contributed by atoms with Crippen LogP contribution in [0.3, 0.4) is 0 Å². The van der Waals surface area contributed by atoms with E-state index < -0.39 is 52.5 Å². The number of ketones is 1. The highest BCUT2D eigenvalue weighted by Crippen LogP contribution is 2.34. The molecule has 1 N–H and O–H groups in total. The van der Waals surface area contributed by atoms with E-state index in [4.69, 9.17) is 4.74 Å². The topological polar surface area (TPSA) is 153 Å². The Morgan fingerprint density at radius 1 is 1.18 bits per heavy atom. The number of nitrogens with one attached hydrogen (secondary N) is 1. The molecule has 3 atom stereocenters. The van der Waals surface area contributed by atoms with Crippen LogP contribution in [0.4, 0.5) is 4.79 Å². The van der Waals surface area contributed by atoms with Crippen molar-refractivity contribution in [3.05, 3.63) is 66.1 Å². The fraction of sp³-hybridized carbons (Fsp3) is 0.370. The van der Waals surface area contributed by atoms with E-state index in [1.54, 1.807) is 18.2 Å². The number of amides is 2. The van der Waals surface area contributed by atoms with Crippen LogP contribution >= 0.6 is 0 Å². The standard InChI is InChI=1S/C27H29N5O7S/c1-17(2)14-21(29-27(35)39-24-10-9-18-6-3-4-8-20(18)28-24)26(34)31-13-11-22-25(31)23(33)16-32(22)40(37,38)19-7-5-12-30(36)15-19/h3-10,12,15,17,21-22,25H,11,13-14,16H2,1-2H3,(H,29,35). The molecule has 210 valence electrons. The van der Waals surface area contributed by atoms with Crippen LogP contribution in [0, 0.1) is 11.1 Å². The van der Waals surface area contributed by atoms with Crippen molar-refractivity contribution in [2.24, 2.45) is 5.92 Å². The summed E-state index contributed by atoms with van der Waals surface area (Å²) in [5.41, 5.74) is 0.644. The summed E-state index contributed by atoms with van der Waals surface area (Å²) in [6.07, 6.45) is 1.75. The lowest BCUT2D eigenvalue weighted by atomic mass is 10.0. The van der Waals surface area contributed by atoms with Gasteiger partial charge in [0.15, 0.2) is 18.2 Å². The van der Waals surface area contributed by atoms with Crippen LogP contribution in [0.1, 0.15) is 26.7 Å². The molecule has 2 aromatic heterocycles. The molecular formula is C27H29N5O7S. The zero-order chi connectivity index (χ0) is 28.6. The maximum absolute atomic E-state index is 13.7. The van der Waals surface area contributed by atoms with Gasteiger partial charge in [-0.2, -0.15) is 9.04 Å². The molecule has 1 aromatic carbocycles. The Labute approximate surface area is 231 Å². The quantitative estimate of drug-likeness (QED) is 0.334. The fourth-order valence-corrected chi connectivity index (χ4v) is 6.96. The zero-order valence-corrected chi connectivity index (χ0v) is 22.8. The SMILES string of the molecule is CC(C)CC(NC(=O)Oc1ccc2ccccc2n1)C(=O)N1CCC2C1C(=O)CN2S(=O)(=O)c1ccc[n+]([O-])c1. The number of likely N-dealkylation sites (tertiary alicyclic amines) is 1. The first-order valence-electron chi connectivity index (χ1n) is 12.9. The van der Waals surface area contributed by atoms with Crippen LogP contribution in [-0.4, -0.2) is 71.6 Å². The molecule has 3 aromatic rings. The first kappa shape index (κ1) is 27.5. The normalized spacial score (nSPS) is 20.1. The molecule has 2 aliphatic heterocycles. The Bertz CT molecular complexity index is 1580. The number of para-hydroxylation sites is 1. The highest BCUT2D eigenvalue weighted by Gasteiger charge is 2.54. The molecular weight excluding hydrogens is 538 g/mol. The van der Waals surface area contributed by atoms with Crippen LogP contribution in [0.25, 0.3) is 10.9 Å². The van der Waals surface area contributed by atoms with Crippen molar-refractivity contribution in [3.63, 3.8) is 0 Å². The van der Waals surface area contributed by atoms with Gasteiger partial charge in [0, 0.05) is 24.1 Å². The second kappa shape index (κ2) is 10.8. The maximum atomic E-state index is 13.7. The number of nitrogens with zero attached hydrogens (tertiary/aromatic N) is 4. The molecule has 4 heterocycles.